The van der Waals surface area contributed by atoms with Crippen LogP contribution in [0.4, 0.5) is 10.1 Å². The van der Waals surface area contributed by atoms with Gasteiger partial charge in [-0.3, -0.25) is 4.79 Å². The molecule has 0 bridgehead atoms. The smallest absolute Gasteiger partial charge is 0.262 e. The van der Waals surface area contributed by atoms with Gasteiger partial charge in [-0.05, 0) is 40.2 Å². The molecule has 1 amide bonds. The first kappa shape index (κ1) is 15.0. The van der Waals surface area contributed by atoms with Crippen molar-refractivity contribution in [3.63, 3.8) is 0 Å². The van der Waals surface area contributed by atoms with E-state index < -0.39 is 5.82 Å². The van der Waals surface area contributed by atoms with E-state index in [2.05, 4.69) is 37.2 Å². The quantitative estimate of drug-likeness (QED) is 0.824. The Morgan fingerprint density at radius 3 is 2.65 bits per heavy atom. The van der Waals surface area contributed by atoms with E-state index in [4.69, 9.17) is 4.74 Å². The Bertz CT molecular complexity index is 614. The van der Waals surface area contributed by atoms with Gasteiger partial charge in [0, 0.05) is 15.0 Å². The molecule has 0 heterocycles. The van der Waals surface area contributed by atoms with Crippen molar-refractivity contribution in [1.29, 1.82) is 0 Å². The van der Waals surface area contributed by atoms with Crippen molar-refractivity contribution in [2.45, 2.75) is 0 Å². The summed E-state index contributed by atoms with van der Waals surface area (Å²) in [6.45, 7) is -0.197. The lowest BCUT2D eigenvalue weighted by Gasteiger charge is -2.09. The number of nitrogens with one attached hydrogen (secondary N) is 1. The lowest BCUT2D eigenvalue weighted by atomic mass is 10.3. The molecule has 3 nitrogen and oxygen atoms in total. The minimum Gasteiger partial charge on any atom is -0.484 e. The Morgan fingerprint density at radius 1 is 1.20 bits per heavy atom. The number of hydrogen-bond acceptors (Lipinski definition) is 2. The van der Waals surface area contributed by atoms with E-state index in [0.29, 0.717) is 15.9 Å². The topological polar surface area (TPSA) is 38.3 Å². The van der Waals surface area contributed by atoms with E-state index in [0.717, 1.165) is 4.47 Å². The van der Waals surface area contributed by atoms with Crippen molar-refractivity contribution in [2.24, 2.45) is 0 Å². The summed E-state index contributed by atoms with van der Waals surface area (Å²) in [6.07, 6.45) is 0. The van der Waals surface area contributed by atoms with Gasteiger partial charge < -0.3 is 10.1 Å². The Balaban J connectivity index is 1.94. The van der Waals surface area contributed by atoms with Gasteiger partial charge in [0.15, 0.2) is 6.61 Å². The van der Waals surface area contributed by atoms with Crippen LogP contribution in [0.2, 0.25) is 0 Å². The summed E-state index contributed by atoms with van der Waals surface area (Å²) in [4.78, 5) is 11.7. The second kappa shape index (κ2) is 6.85. The molecule has 0 atom stereocenters. The van der Waals surface area contributed by atoms with Gasteiger partial charge in [-0.1, -0.05) is 28.1 Å². The van der Waals surface area contributed by atoms with Gasteiger partial charge >= 0.3 is 0 Å². The zero-order valence-corrected chi connectivity index (χ0v) is 13.4. The van der Waals surface area contributed by atoms with E-state index >= 15 is 0 Å². The van der Waals surface area contributed by atoms with Crippen LogP contribution in [-0.4, -0.2) is 12.5 Å². The molecular formula is C14H10Br2FNO2. The van der Waals surface area contributed by atoms with Gasteiger partial charge in [-0.2, -0.15) is 0 Å². The fourth-order valence-electron chi connectivity index (χ4n) is 1.51. The second-order valence-corrected chi connectivity index (χ2v) is 5.69. The Kier molecular flexibility index (Phi) is 5.14. The molecule has 0 aliphatic heterocycles. The van der Waals surface area contributed by atoms with Gasteiger partial charge in [-0.15, -0.1) is 0 Å². The third kappa shape index (κ3) is 4.31. The van der Waals surface area contributed by atoms with Crippen LogP contribution in [0.3, 0.4) is 0 Å². The highest BCUT2D eigenvalue weighted by molar-refractivity contribution is 9.10. The standard InChI is InChI=1S/C14H10Br2FNO2/c15-9-5-10(17)7-11(6-9)20-8-14(19)18-13-4-2-1-3-12(13)16/h1-7H,8H2,(H,18,19). The predicted octanol–water partition coefficient (Wildman–Crippen LogP) is 4.37. The summed E-state index contributed by atoms with van der Waals surface area (Å²) in [7, 11) is 0. The number of para-hydroxylation sites is 1. The lowest BCUT2D eigenvalue weighted by Crippen LogP contribution is -2.20. The maximum atomic E-state index is 13.1. The maximum Gasteiger partial charge on any atom is 0.262 e. The highest BCUT2D eigenvalue weighted by atomic mass is 79.9. The van der Waals surface area contributed by atoms with Gasteiger partial charge in [0.25, 0.3) is 5.91 Å². The number of amides is 1. The molecule has 0 fully saturated rings. The van der Waals surface area contributed by atoms with Crippen molar-refractivity contribution in [1.82, 2.24) is 0 Å². The van der Waals surface area contributed by atoms with Crippen molar-refractivity contribution in [3.05, 3.63) is 57.2 Å². The van der Waals surface area contributed by atoms with Crippen LogP contribution in [0.15, 0.2) is 51.4 Å². The summed E-state index contributed by atoms with van der Waals surface area (Å²) in [5.74, 6) is -0.461. The predicted molar refractivity (Wildman–Crippen MR) is 82.4 cm³/mol. The first-order chi connectivity index (χ1) is 9.54. The average molecular weight is 403 g/mol. The minimum absolute atomic E-state index is 0.197. The number of hydrogen-bond donors (Lipinski definition) is 1. The summed E-state index contributed by atoms with van der Waals surface area (Å²) in [5, 5.41) is 2.69. The van der Waals surface area contributed by atoms with E-state index in [1.165, 1.54) is 12.1 Å². The molecule has 2 aromatic carbocycles. The molecule has 0 unspecified atom stereocenters. The third-order valence-electron chi connectivity index (χ3n) is 2.35. The summed E-state index contributed by atoms with van der Waals surface area (Å²) < 4.78 is 19.7. The summed E-state index contributed by atoms with van der Waals surface area (Å²) in [6, 6.07) is 11.4. The molecular weight excluding hydrogens is 393 g/mol. The molecule has 0 aromatic heterocycles. The minimum atomic E-state index is -0.430. The maximum absolute atomic E-state index is 13.1. The van der Waals surface area contributed by atoms with Crippen LogP contribution in [0.1, 0.15) is 0 Å². The SMILES string of the molecule is O=C(COc1cc(F)cc(Br)c1)Nc1ccccc1Br. The molecule has 0 spiro atoms. The van der Waals surface area contributed by atoms with E-state index in [9.17, 15) is 9.18 Å². The molecule has 0 saturated carbocycles. The monoisotopic (exact) mass is 401 g/mol. The number of carbonyl (C=O) groups is 1. The fourth-order valence-corrected chi connectivity index (χ4v) is 2.34. The zero-order chi connectivity index (χ0) is 14.5. The van der Waals surface area contributed by atoms with Gasteiger partial charge in [0.1, 0.15) is 11.6 Å². The van der Waals surface area contributed by atoms with Gasteiger partial charge in [0.05, 0.1) is 5.69 Å². The van der Waals surface area contributed by atoms with Crippen LogP contribution in [0, 0.1) is 5.82 Å². The van der Waals surface area contributed by atoms with Crippen molar-refractivity contribution in [3.8, 4) is 5.75 Å². The Morgan fingerprint density at radius 2 is 1.95 bits per heavy atom. The molecule has 0 saturated heterocycles. The normalized spacial score (nSPS) is 10.2. The molecule has 20 heavy (non-hydrogen) atoms. The number of ether oxygens (including phenoxy) is 1. The highest BCUT2D eigenvalue weighted by Gasteiger charge is 2.07. The van der Waals surface area contributed by atoms with Crippen LogP contribution in [0.5, 0.6) is 5.75 Å². The zero-order valence-electron chi connectivity index (χ0n) is 10.2. The number of anilines is 1. The van der Waals surface area contributed by atoms with Crippen LogP contribution in [0.25, 0.3) is 0 Å². The molecule has 6 heteroatoms. The molecule has 1 N–H and O–H groups in total. The van der Waals surface area contributed by atoms with Gasteiger partial charge in [0.2, 0.25) is 0 Å². The Hall–Kier alpha value is -1.40. The fraction of sp³-hybridized carbons (Fsp3) is 0.0714. The Labute approximate surface area is 132 Å². The highest BCUT2D eigenvalue weighted by Crippen LogP contribution is 2.22. The lowest BCUT2D eigenvalue weighted by molar-refractivity contribution is -0.118. The molecule has 0 aliphatic rings. The number of halogens is 3. The molecule has 2 rings (SSSR count). The molecule has 2 aromatic rings. The third-order valence-corrected chi connectivity index (χ3v) is 3.50. The average Bonchev–Trinajstić information content (AvgIpc) is 2.38. The molecule has 0 aliphatic carbocycles. The number of rotatable bonds is 4. The molecule has 0 radical (unpaired) electrons. The first-order valence-corrected chi connectivity index (χ1v) is 7.26. The van der Waals surface area contributed by atoms with E-state index in [1.54, 1.807) is 12.1 Å². The number of carbonyl (C=O) groups excluding carboxylic acids is 1. The summed E-state index contributed by atoms with van der Waals surface area (Å²) in [5.41, 5.74) is 0.654. The first-order valence-electron chi connectivity index (χ1n) is 5.68. The van der Waals surface area contributed by atoms with Crippen molar-refractivity contribution < 1.29 is 13.9 Å². The largest absolute Gasteiger partial charge is 0.484 e. The summed E-state index contributed by atoms with van der Waals surface area (Å²) >= 11 is 6.49. The van der Waals surface area contributed by atoms with Crippen LogP contribution >= 0.6 is 31.9 Å². The van der Waals surface area contributed by atoms with Crippen molar-refractivity contribution >= 4 is 43.5 Å². The second-order valence-electron chi connectivity index (χ2n) is 3.92. The molecule has 104 valence electrons. The van der Waals surface area contributed by atoms with E-state index in [-0.39, 0.29) is 12.5 Å². The van der Waals surface area contributed by atoms with Crippen LogP contribution in [-0.2, 0) is 4.79 Å². The van der Waals surface area contributed by atoms with E-state index in [1.807, 2.05) is 18.2 Å². The van der Waals surface area contributed by atoms with Crippen molar-refractivity contribution in [2.75, 3.05) is 11.9 Å². The van der Waals surface area contributed by atoms with Gasteiger partial charge in [-0.25, -0.2) is 4.39 Å². The number of benzene rings is 2. The van der Waals surface area contributed by atoms with Crippen LogP contribution < -0.4 is 10.1 Å².